The molecule has 2 aromatic carbocycles. The molecule has 1 amide bonds. The van der Waals surface area contributed by atoms with E-state index in [2.05, 4.69) is 20.5 Å². The smallest absolute Gasteiger partial charge is 0.257 e. The van der Waals surface area contributed by atoms with E-state index >= 15 is 0 Å². The molecule has 1 unspecified atom stereocenters. The van der Waals surface area contributed by atoms with Crippen LogP contribution in [0.2, 0.25) is 0 Å². The normalized spacial score (nSPS) is 20.3. The van der Waals surface area contributed by atoms with Gasteiger partial charge in [-0.2, -0.15) is 0 Å². The van der Waals surface area contributed by atoms with Crippen LogP contribution in [0.1, 0.15) is 23.2 Å². The Bertz CT molecular complexity index is 1070. The third-order valence-corrected chi connectivity index (χ3v) is 6.51. The number of nitrogens with one attached hydrogen (secondary N) is 2. The molecule has 2 fully saturated rings. The molecule has 0 bridgehead atoms. The van der Waals surface area contributed by atoms with E-state index in [4.69, 9.17) is 5.73 Å². The van der Waals surface area contributed by atoms with Crippen LogP contribution >= 0.6 is 0 Å². The highest BCUT2D eigenvalue weighted by molar-refractivity contribution is 6.06. The number of aromatic nitrogens is 1. The molecular formula is C25H27N5O. The predicted molar refractivity (Wildman–Crippen MR) is 125 cm³/mol. The molecule has 5 rings (SSSR count). The Kier molecular flexibility index (Phi) is 5.08. The number of pyridine rings is 1. The summed E-state index contributed by atoms with van der Waals surface area (Å²) in [6, 6.07) is 19.5. The number of nitrogens with two attached hydrogens (primary N) is 1. The van der Waals surface area contributed by atoms with Gasteiger partial charge in [-0.25, -0.2) is 4.98 Å². The highest BCUT2D eigenvalue weighted by Gasteiger charge is 2.40. The lowest BCUT2D eigenvalue weighted by Crippen LogP contribution is -2.29. The second-order valence-corrected chi connectivity index (χ2v) is 8.63. The third-order valence-electron chi connectivity index (χ3n) is 6.51. The summed E-state index contributed by atoms with van der Waals surface area (Å²) in [7, 11) is 0. The van der Waals surface area contributed by atoms with Crippen molar-refractivity contribution in [2.24, 2.45) is 5.41 Å². The SMILES string of the molecule is Nc1ccc(-c2ccccc2)cc1NC(=O)c1ccc(N2CCC3(CCNC3)C2)nc1. The number of nitrogens with zero attached hydrogens (tertiary/aromatic N) is 2. The van der Waals surface area contributed by atoms with Crippen molar-refractivity contribution < 1.29 is 4.79 Å². The summed E-state index contributed by atoms with van der Waals surface area (Å²) in [5.41, 5.74) is 10.2. The molecule has 0 aliphatic carbocycles. The quantitative estimate of drug-likeness (QED) is 0.567. The van der Waals surface area contributed by atoms with Crippen LogP contribution in [0, 0.1) is 5.41 Å². The van der Waals surface area contributed by atoms with E-state index in [-0.39, 0.29) is 5.91 Å². The summed E-state index contributed by atoms with van der Waals surface area (Å²) in [6.45, 7) is 4.24. The van der Waals surface area contributed by atoms with Crippen molar-refractivity contribution in [3.05, 3.63) is 72.4 Å². The molecule has 3 aromatic rings. The van der Waals surface area contributed by atoms with Crippen LogP contribution in [-0.2, 0) is 0 Å². The summed E-state index contributed by atoms with van der Waals surface area (Å²) in [5, 5.41) is 6.42. The molecular weight excluding hydrogens is 386 g/mol. The summed E-state index contributed by atoms with van der Waals surface area (Å²) < 4.78 is 0. The maximum atomic E-state index is 12.8. The fourth-order valence-electron chi connectivity index (χ4n) is 4.65. The highest BCUT2D eigenvalue weighted by atomic mass is 16.1. The first-order chi connectivity index (χ1) is 15.1. The minimum Gasteiger partial charge on any atom is -0.397 e. The minimum absolute atomic E-state index is 0.214. The maximum Gasteiger partial charge on any atom is 0.257 e. The van der Waals surface area contributed by atoms with Crippen molar-refractivity contribution in [3.8, 4) is 11.1 Å². The molecule has 3 heterocycles. The van der Waals surface area contributed by atoms with Gasteiger partial charge in [0.05, 0.1) is 16.9 Å². The summed E-state index contributed by atoms with van der Waals surface area (Å²) >= 11 is 0. The second kappa shape index (κ2) is 8.04. The Morgan fingerprint density at radius 2 is 1.94 bits per heavy atom. The lowest BCUT2D eigenvalue weighted by atomic mass is 9.87. The Morgan fingerprint density at radius 1 is 1.06 bits per heavy atom. The van der Waals surface area contributed by atoms with Crippen molar-refractivity contribution >= 4 is 23.1 Å². The van der Waals surface area contributed by atoms with Crippen molar-refractivity contribution in [3.63, 3.8) is 0 Å². The molecule has 1 spiro atoms. The van der Waals surface area contributed by atoms with E-state index in [1.807, 2.05) is 60.7 Å². The number of benzene rings is 2. The van der Waals surface area contributed by atoms with Crippen molar-refractivity contribution in [2.75, 3.05) is 42.1 Å². The van der Waals surface area contributed by atoms with Crippen LogP contribution in [0.3, 0.4) is 0 Å². The molecule has 0 saturated carbocycles. The van der Waals surface area contributed by atoms with Gasteiger partial charge in [0.25, 0.3) is 5.91 Å². The molecule has 4 N–H and O–H groups in total. The number of carbonyl (C=O) groups is 1. The summed E-state index contributed by atoms with van der Waals surface area (Å²) in [5.74, 6) is 0.722. The molecule has 2 aliphatic heterocycles. The van der Waals surface area contributed by atoms with Crippen LogP contribution in [0.25, 0.3) is 11.1 Å². The Hall–Kier alpha value is -3.38. The first kappa shape index (κ1) is 19.6. The van der Waals surface area contributed by atoms with Gasteiger partial charge in [0.15, 0.2) is 0 Å². The molecule has 2 saturated heterocycles. The van der Waals surface area contributed by atoms with Gasteiger partial charge >= 0.3 is 0 Å². The topological polar surface area (TPSA) is 83.3 Å². The molecule has 6 nitrogen and oxygen atoms in total. The number of nitrogen functional groups attached to an aromatic ring is 1. The van der Waals surface area contributed by atoms with Crippen molar-refractivity contribution in [2.45, 2.75) is 12.8 Å². The molecule has 158 valence electrons. The number of amides is 1. The van der Waals surface area contributed by atoms with Gasteiger partial charge in [0.1, 0.15) is 5.82 Å². The van der Waals surface area contributed by atoms with Gasteiger partial charge in [-0.3, -0.25) is 4.79 Å². The summed E-state index contributed by atoms with van der Waals surface area (Å²) in [6.07, 6.45) is 4.08. The average Bonchev–Trinajstić information content (AvgIpc) is 3.45. The molecule has 1 atom stereocenters. The fourth-order valence-corrected chi connectivity index (χ4v) is 4.65. The van der Waals surface area contributed by atoms with E-state index in [1.165, 1.54) is 12.8 Å². The molecule has 2 aliphatic rings. The highest BCUT2D eigenvalue weighted by Crippen LogP contribution is 2.37. The standard InChI is InChI=1S/C25H27N5O/c26-21-8-6-19(18-4-2-1-3-5-18)14-22(21)29-24(31)20-7-9-23(28-15-20)30-13-11-25(17-30)10-12-27-16-25/h1-9,14-15,27H,10-13,16-17,26H2,(H,29,31). The van der Waals surface area contributed by atoms with Gasteiger partial charge in [0, 0.05) is 31.2 Å². The van der Waals surface area contributed by atoms with E-state index in [9.17, 15) is 4.79 Å². The maximum absolute atomic E-state index is 12.8. The second-order valence-electron chi connectivity index (χ2n) is 8.63. The van der Waals surface area contributed by atoms with E-state index in [0.717, 1.165) is 43.1 Å². The van der Waals surface area contributed by atoms with Crippen molar-refractivity contribution in [1.29, 1.82) is 0 Å². The molecule has 6 heteroatoms. The van der Waals surface area contributed by atoms with Gasteiger partial charge in [-0.05, 0) is 54.8 Å². The van der Waals surface area contributed by atoms with Gasteiger partial charge in [-0.15, -0.1) is 0 Å². The zero-order chi connectivity index (χ0) is 21.3. The number of anilines is 3. The fraction of sp³-hybridized carbons (Fsp3) is 0.280. The predicted octanol–water partition coefficient (Wildman–Crippen LogP) is 3.77. The number of rotatable bonds is 4. The van der Waals surface area contributed by atoms with Crippen LogP contribution in [0.15, 0.2) is 66.9 Å². The largest absolute Gasteiger partial charge is 0.397 e. The monoisotopic (exact) mass is 413 g/mol. The van der Waals surface area contributed by atoms with Crippen molar-refractivity contribution in [1.82, 2.24) is 10.3 Å². The van der Waals surface area contributed by atoms with E-state index < -0.39 is 0 Å². The number of hydrogen-bond acceptors (Lipinski definition) is 5. The number of hydrogen-bond donors (Lipinski definition) is 3. The van der Waals surface area contributed by atoms with Gasteiger partial charge < -0.3 is 21.3 Å². The van der Waals surface area contributed by atoms with Gasteiger partial charge in [-0.1, -0.05) is 36.4 Å². The Balaban J connectivity index is 1.29. The van der Waals surface area contributed by atoms with E-state index in [0.29, 0.717) is 22.4 Å². The zero-order valence-electron chi connectivity index (χ0n) is 17.5. The first-order valence-corrected chi connectivity index (χ1v) is 10.8. The molecule has 1 aromatic heterocycles. The molecule has 0 radical (unpaired) electrons. The van der Waals surface area contributed by atoms with Crippen LogP contribution in [-0.4, -0.2) is 37.1 Å². The van der Waals surface area contributed by atoms with Gasteiger partial charge in [0.2, 0.25) is 0 Å². The Labute approximate surface area is 182 Å². The average molecular weight is 414 g/mol. The third kappa shape index (κ3) is 3.99. The minimum atomic E-state index is -0.214. The Morgan fingerprint density at radius 3 is 2.68 bits per heavy atom. The van der Waals surface area contributed by atoms with Crippen LogP contribution in [0.5, 0.6) is 0 Å². The number of carbonyl (C=O) groups excluding carboxylic acids is 1. The summed E-state index contributed by atoms with van der Waals surface area (Å²) in [4.78, 5) is 19.7. The zero-order valence-corrected chi connectivity index (χ0v) is 17.5. The lowest BCUT2D eigenvalue weighted by Gasteiger charge is -2.23. The van der Waals surface area contributed by atoms with Crippen LogP contribution < -0.4 is 21.3 Å². The van der Waals surface area contributed by atoms with Crippen LogP contribution in [0.4, 0.5) is 17.2 Å². The first-order valence-electron chi connectivity index (χ1n) is 10.8. The van der Waals surface area contributed by atoms with E-state index in [1.54, 1.807) is 6.20 Å². The lowest BCUT2D eigenvalue weighted by molar-refractivity contribution is 0.102. The molecule has 31 heavy (non-hydrogen) atoms.